The van der Waals surface area contributed by atoms with Gasteiger partial charge in [-0.1, -0.05) is 39.3 Å². The van der Waals surface area contributed by atoms with Crippen LogP contribution in [0.4, 0.5) is 4.79 Å². The molecule has 1 aromatic carbocycles. The molecule has 0 saturated carbocycles. The molecule has 3 amide bonds. The van der Waals surface area contributed by atoms with E-state index in [9.17, 15) is 24.3 Å². The summed E-state index contributed by atoms with van der Waals surface area (Å²) in [5.74, 6) is -2.10. The van der Waals surface area contributed by atoms with Gasteiger partial charge in [0.1, 0.15) is 30.0 Å². The second kappa shape index (κ2) is 13.6. The van der Waals surface area contributed by atoms with Crippen molar-refractivity contribution in [2.24, 2.45) is 5.92 Å². The molecule has 3 unspecified atom stereocenters. The van der Waals surface area contributed by atoms with Gasteiger partial charge in [-0.3, -0.25) is 14.4 Å². The van der Waals surface area contributed by atoms with E-state index in [2.05, 4.69) is 15.4 Å². The lowest BCUT2D eigenvalue weighted by Crippen LogP contribution is -2.55. The predicted octanol–water partition coefficient (Wildman–Crippen LogP) is 2.90. The molecule has 0 aliphatic carbocycles. The normalized spacial score (nSPS) is 13.7. The summed E-state index contributed by atoms with van der Waals surface area (Å²) in [4.78, 5) is 52.6. The van der Waals surface area contributed by atoms with E-state index < -0.39 is 41.6 Å². The molecule has 35 heavy (non-hydrogen) atoms. The van der Waals surface area contributed by atoms with Crippen LogP contribution in [0.15, 0.2) is 24.3 Å². The zero-order chi connectivity index (χ0) is 26.8. The number of nitrogens with zero attached hydrogens (tertiary/aromatic N) is 1. The highest BCUT2D eigenvalue weighted by molar-refractivity contribution is 5.93. The van der Waals surface area contributed by atoms with E-state index in [1.807, 2.05) is 20.8 Å². The number of amides is 3. The summed E-state index contributed by atoms with van der Waals surface area (Å²) in [6.45, 7) is 10.5. The van der Waals surface area contributed by atoms with Gasteiger partial charge in [0.05, 0.1) is 7.11 Å². The zero-order valence-electron chi connectivity index (χ0n) is 21.7. The van der Waals surface area contributed by atoms with Gasteiger partial charge in [0.2, 0.25) is 11.8 Å². The van der Waals surface area contributed by atoms with Crippen molar-refractivity contribution in [2.45, 2.75) is 72.1 Å². The number of carbonyl (C=O) groups excluding carboxylic acids is 4. The van der Waals surface area contributed by atoms with Crippen molar-refractivity contribution in [3.63, 3.8) is 0 Å². The predicted molar refractivity (Wildman–Crippen MR) is 130 cm³/mol. The van der Waals surface area contributed by atoms with Gasteiger partial charge in [0.15, 0.2) is 0 Å². The van der Waals surface area contributed by atoms with Gasteiger partial charge in [0, 0.05) is 6.54 Å². The summed E-state index contributed by atoms with van der Waals surface area (Å²) >= 11 is 0. The molecule has 0 heterocycles. The first-order valence-electron chi connectivity index (χ1n) is 11.8. The van der Waals surface area contributed by atoms with Gasteiger partial charge in [-0.15, -0.1) is 0 Å². The Morgan fingerprint density at radius 3 is 2.31 bits per heavy atom. The van der Waals surface area contributed by atoms with E-state index in [0.29, 0.717) is 18.4 Å². The van der Waals surface area contributed by atoms with Crippen LogP contribution in [-0.4, -0.2) is 65.7 Å². The van der Waals surface area contributed by atoms with E-state index in [0.717, 1.165) is 0 Å². The number of alkyl carbamates (subject to hydrolysis) is 1. The molecule has 0 fully saturated rings. The average molecular weight is 494 g/mol. The van der Waals surface area contributed by atoms with Crippen LogP contribution in [0.5, 0.6) is 5.75 Å². The molecule has 10 heteroatoms. The number of rotatable bonds is 11. The van der Waals surface area contributed by atoms with E-state index in [4.69, 9.17) is 4.74 Å². The van der Waals surface area contributed by atoms with E-state index in [1.165, 1.54) is 24.1 Å². The highest BCUT2D eigenvalue weighted by Gasteiger charge is 2.38. The minimum absolute atomic E-state index is 0.0810. The summed E-state index contributed by atoms with van der Waals surface area (Å²) in [7, 11) is 1.20. The summed E-state index contributed by atoms with van der Waals surface area (Å²) < 4.78 is 9.95. The molecule has 196 valence electrons. The highest BCUT2D eigenvalue weighted by atomic mass is 16.6. The van der Waals surface area contributed by atoms with Crippen LogP contribution in [0.2, 0.25) is 0 Å². The van der Waals surface area contributed by atoms with Crippen LogP contribution in [0.25, 0.3) is 0 Å². The minimum atomic E-state index is -1.16. The first-order chi connectivity index (χ1) is 16.3. The molecule has 3 atom stereocenters. The quantitative estimate of drug-likeness (QED) is 0.404. The molecular formula is C25H39N3O7. The number of phenols is 1. The van der Waals surface area contributed by atoms with Crippen LogP contribution in [0.1, 0.15) is 66.0 Å². The molecule has 0 spiro atoms. The van der Waals surface area contributed by atoms with Crippen molar-refractivity contribution in [3.8, 4) is 5.75 Å². The minimum Gasteiger partial charge on any atom is -0.508 e. The molecule has 0 saturated heterocycles. The van der Waals surface area contributed by atoms with Gasteiger partial charge in [-0.2, -0.15) is 0 Å². The van der Waals surface area contributed by atoms with Gasteiger partial charge in [-0.25, -0.2) is 4.79 Å². The lowest BCUT2D eigenvalue weighted by atomic mass is 9.95. The van der Waals surface area contributed by atoms with E-state index in [-0.39, 0.29) is 24.8 Å². The molecule has 0 aliphatic rings. The largest absolute Gasteiger partial charge is 0.508 e. The Bertz CT molecular complexity index is 882. The van der Waals surface area contributed by atoms with Gasteiger partial charge >= 0.3 is 12.1 Å². The average Bonchev–Trinajstić information content (AvgIpc) is 2.78. The van der Waals surface area contributed by atoms with Crippen LogP contribution in [-0.2, 0) is 23.9 Å². The Hall–Kier alpha value is -3.30. The Kier molecular flexibility index (Phi) is 11.5. The lowest BCUT2D eigenvalue weighted by Gasteiger charge is -2.36. The Morgan fingerprint density at radius 2 is 1.80 bits per heavy atom. The molecule has 0 aliphatic heterocycles. The second-order valence-corrected chi connectivity index (χ2v) is 9.33. The third-order valence-corrected chi connectivity index (χ3v) is 5.28. The van der Waals surface area contributed by atoms with Crippen molar-refractivity contribution in [3.05, 3.63) is 29.8 Å². The molecule has 0 aromatic heterocycles. The number of benzene rings is 1. The SMILES string of the molecule is CCCN(C(=O)C(NC(=O)OC(C)(C)C)C(C)CC)C(C(=O)NCC(=O)OC)c1cccc(O)c1. The van der Waals surface area contributed by atoms with E-state index >= 15 is 0 Å². The van der Waals surface area contributed by atoms with Crippen molar-refractivity contribution in [1.82, 2.24) is 15.5 Å². The van der Waals surface area contributed by atoms with Crippen LogP contribution in [0, 0.1) is 5.92 Å². The number of phenolic OH excluding ortho intramolecular Hbond substituents is 1. The molecule has 0 radical (unpaired) electrons. The number of nitrogens with one attached hydrogen (secondary N) is 2. The van der Waals surface area contributed by atoms with Crippen molar-refractivity contribution < 1.29 is 33.8 Å². The summed E-state index contributed by atoms with van der Waals surface area (Å²) in [5, 5.41) is 15.2. The molecule has 0 bridgehead atoms. The number of aromatic hydroxyl groups is 1. The monoisotopic (exact) mass is 493 g/mol. The van der Waals surface area contributed by atoms with Crippen LogP contribution >= 0.6 is 0 Å². The van der Waals surface area contributed by atoms with Gasteiger partial charge < -0.3 is 30.1 Å². The number of esters is 1. The maximum Gasteiger partial charge on any atom is 0.408 e. The molecular weight excluding hydrogens is 454 g/mol. The number of ether oxygens (including phenoxy) is 2. The number of hydrogen-bond acceptors (Lipinski definition) is 7. The Balaban J connectivity index is 3.43. The summed E-state index contributed by atoms with van der Waals surface area (Å²) in [6, 6.07) is 3.88. The lowest BCUT2D eigenvalue weighted by molar-refractivity contribution is -0.145. The van der Waals surface area contributed by atoms with Gasteiger partial charge in [-0.05, 0) is 50.8 Å². The summed E-state index contributed by atoms with van der Waals surface area (Å²) in [5.41, 5.74) is -0.400. The van der Waals surface area contributed by atoms with Crippen LogP contribution < -0.4 is 10.6 Å². The smallest absolute Gasteiger partial charge is 0.408 e. The number of methoxy groups -OCH3 is 1. The zero-order valence-corrected chi connectivity index (χ0v) is 21.7. The third-order valence-electron chi connectivity index (χ3n) is 5.28. The van der Waals surface area contributed by atoms with Crippen LogP contribution in [0.3, 0.4) is 0 Å². The molecule has 3 N–H and O–H groups in total. The fraction of sp³-hybridized carbons (Fsp3) is 0.600. The Labute approximate surface area is 207 Å². The standard InChI is InChI=1S/C25H39N3O7/c1-8-13-28(23(32)20(16(3)9-2)27-24(33)35-25(4,5)6)21(17-11-10-12-18(29)14-17)22(31)26-15-19(30)34-7/h10-12,14,16,20-21,29H,8-9,13,15H2,1-7H3,(H,26,31)(H,27,33). The number of hydrogen-bond donors (Lipinski definition) is 3. The van der Waals surface area contributed by atoms with Crippen molar-refractivity contribution in [2.75, 3.05) is 20.2 Å². The van der Waals surface area contributed by atoms with E-state index in [1.54, 1.807) is 32.9 Å². The number of carbonyl (C=O) groups is 4. The topological polar surface area (TPSA) is 134 Å². The maximum atomic E-state index is 13.9. The van der Waals surface area contributed by atoms with Gasteiger partial charge in [0.25, 0.3) is 0 Å². The first-order valence-corrected chi connectivity index (χ1v) is 11.8. The molecule has 1 rings (SSSR count). The molecule has 10 nitrogen and oxygen atoms in total. The maximum absolute atomic E-state index is 13.9. The third kappa shape index (κ3) is 9.46. The Morgan fingerprint density at radius 1 is 1.14 bits per heavy atom. The van der Waals surface area contributed by atoms with Crippen molar-refractivity contribution >= 4 is 23.9 Å². The fourth-order valence-corrected chi connectivity index (χ4v) is 3.40. The second-order valence-electron chi connectivity index (χ2n) is 9.33. The fourth-order valence-electron chi connectivity index (χ4n) is 3.40. The highest BCUT2D eigenvalue weighted by Crippen LogP contribution is 2.27. The first kappa shape index (κ1) is 29.7. The summed E-state index contributed by atoms with van der Waals surface area (Å²) in [6.07, 6.45) is 0.360. The molecule has 1 aromatic rings. The van der Waals surface area contributed by atoms with Crippen molar-refractivity contribution in [1.29, 1.82) is 0 Å².